The Balaban J connectivity index is 3.54. The highest BCUT2D eigenvalue weighted by molar-refractivity contribution is 5.80. The maximum Gasteiger partial charge on any atom is 0.249 e. The first kappa shape index (κ1) is 74.5. The Hall–Kier alpha value is -1.47. The van der Waals surface area contributed by atoms with E-state index < -0.39 is 36.9 Å². The molecule has 0 aliphatic heterocycles. The Bertz CT molecular complexity index is 1200. The molecule has 6 nitrogen and oxygen atoms in total. The molecule has 76 heavy (non-hydrogen) atoms. The van der Waals surface area contributed by atoms with Gasteiger partial charge < -0.3 is 25.7 Å². The van der Waals surface area contributed by atoms with E-state index in [9.17, 15) is 25.2 Å². The van der Waals surface area contributed by atoms with E-state index >= 15 is 0 Å². The Morgan fingerprint density at radius 2 is 0.553 bits per heavy atom. The van der Waals surface area contributed by atoms with Gasteiger partial charge in [0.05, 0.1) is 18.8 Å². The fourth-order valence-corrected chi connectivity index (χ4v) is 11.0. The number of aliphatic hydroxyl groups is 4. The summed E-state index contributed by atoms with van der Waals surface area (Å²) in [6.07, 6.45) is 82.8. The molecule has 0 heterocycles. The van der Waals surface area contributed by atoms with E-state index in [0.717, 1.165) is 51.4 Å². The standard InChI is InChI=1S/C70H135NO5/c1-3-5-7-9-11-13-15-17-19-21-23-25-27-28-29-30-31-32-33-34-35-36-37-38-39-40-41-42-44-46-48-50-52-54-56-58-60-62-64-68(74)70(76)71-66(65-72)69(75)67(73)63-61-59-57-55-53-51-49-47-45-43-26-24-22-20-18-16-14-12-10-8-6-4-2/h24,26,47,49,55,57,66-69,72-75H,3-23,25,27-46,48,50-54,56,58-65H2,1-2H3,(H,71,76)/b26-24+,49-47+,57-55+. The van der Waals surface area contributed by atoms with Crippen LogP contribution in [0.1, 0.15) is 373 Å². The van der Waals surface area contributed by atoms with Crippen LogP contribution >= 0.6 is 0 Å². The van der Waals surface area contributed by atoms with Gasteiger partial charge in [0.25, 0.3) is 0 Å². The van der Waals surface area contributed by atoms with Gasteiger partial charge in [-0.05, 0) is 64.2 Å². The molecule has 0 aliphatic rings. The minimum atomic E-state index is -1.29. The number of rotatable bonds is 64. The molecule has 450 valence electrons. The lowest BCUT2D eigenvalue weighted by atomic mass is 10.00. The largest absolute Gasteiger partial charge is 0.394 e. The maximum absolute atomic E-state index is 12.6. The molecular formula is C70H135NO5. The number of unbranched alkanes of at least 4 members (excludes halogenated alkanes) is 49. The van der Waals surface area contributed by atoms with Crippen LogP contribution in [0.15, 0.2) is 36.5 Å². The predicted molar refractivity (Wildman–Crippen MR) is 334 cm³/mol. The number of allylic oxidation sites excluding steroid dienone is 6. The van der Waals surface area contributed by atoms with Crippen molar-refractivity contribution in [2.24, 2.45) is 0 Å². The summed E-state index contributed by atoms with van der Waals surface area (Å²) >= 11 is 0. The summed E-state index contributed by atoms with van der Waals surface area (Å²) in [5.41, 5.74) is 0. The molecule has 0 bridgehead atoms. The zero-order valence-corrected chi connectivity index (χ0v) is 51.3. The SMILES string of the molecule is CCCCCCCCCCC/C=C/CC/C=C/CC/C=C/CCCC(O)C(O)C(CO)NC(=O)C(O)CCCCCCCCCCCCCCCCCCCCCCCCCCCCCCCCCCCCCCCC. The monoisotopic (exact) mass is 1070 g/mol. The van der Waals surface area contributed by atoms with E-state index in [-0.39, 0.29) is 0 Å². The third-order valence-electron chi connectivity index (χ3n) is 16.3. The van der Waals surface area contributed by atoms with Crippen molar-refractivity contribution in [1.29, 1.82) is 0 Å². The molecule has 0 aromatic heterocycles. The van der Waals surface area contributed by atoms with Gasteiger partial charge >= 0.3 is 0 Å². The summed E-state index contributed by atoms with van der Waals surface area (Å²) in [5, 5.41) is 44.1. The number of nitrogens with one attached hydrogen (secondary N) is 1. The summed E-state index contributed by atoms with van der Waals surface area (Å²) in [4.78, 5) is 12.6. The van der Waals surface area contributed by atoms with Crippen molar-refractivity contribution in [3.63, 3.8) is 0 Å². The molecule has 0 radical (unpaired) electrons. The number of hydrogen-bond acceptors (Lipinski definition) is 5. The number of amides is 1. The molecule has 0 spiro atoms. The molecule has 4 unspecified atom stereocenters. The van der Waals surface area contributed by atoms with Crippen molar-refractivity contribution in [3.05, 3.63) is 36.5 Å². The quantitative estimate of drug-likeness (QED) is 0.0308. The lowest BCUT2D eigenvalue weighted by molar-refractivity contribution is -0.132. The van der Waals surface area contributed by atoms with Crippen molar-refractivity contribution < 1.29 is 25.2 Å². The third kappa shape index (κ3) is 57.2. The second-order valence-electron chi connectivity index (χ2n) is 23.9. The van der Waals surface area contributed by atoms with Crippen molar-refractivity contribution in [3.8, 4) is 0 Å². The second-order valence-corrected chi connectivity index (χ2v) is 23.9. The zero-order chi connectivity index (χ0) is 55.1. The van der Waals surface area contributed by atoms with Gasteiger partial charge in [-0.1, -0.05) is 346 Å². The summed E-state index contributed by atoms with van der Waals surface area (Å²) in [7, 11) is 0. The Labute approximate surface area is 475 Å². The van der Waals surface area contributed by atoms with Gasteiger partial charge in [-0.15, -0.1) is 0 Å². The van der Waals surface area contributed by atoms with Crippen LogP contribution in [-0.2, 0) is 4.79 Å². The topological polar surface area (TPSA) is 110 Å². The zero-order valence-electron chi connectivity index (χ0n) is 51.3. The highest BCUT2D eigenvalue weighted by Gasteiger charge is 2.28. The minimum absolute atomic E-state index is 0.362. The lowest BCUT2D eigenvalue weighted by Gasteiger charge is -2.27. The van der Waals surface area contributed by atoms with Crippen molar-refractivity contribution in [1.82, 2.24) is 5.32 Å². The van der Waals surface area contributed by atoms with Gasteiger partial charge in [-0.25, -0.2) is 0 Å². The first-order chi connectivity index (χ1) is 37.5. The summed E-state index contributed by atoms with van der Waals surface area (Å²) < 4.78 is 0. The predicted octanol–water partition coefficient (Wildman–Crippen LogP) is 21.1. The Kier molecular flexibility index (Phi) is 63.1. The van der Waals surface area contributed by atoms with E-state index in [4.69, 9.17) is 0 Å². The van der Waals surface area contributed by atoms with Gasteiger partial charge in [-0.3, -0.25) is 4.79 Å². The fourth-order valence-electron chi connectivity index (χ4n) is 11.0. The summed E-state index contributed by atoms with van der Waals surface area (Å²) in [6, 6.07) is -1.01. The highest BCUT2D eigenvalue weighted by atomic mass is 16.3. The molecule has 0 aromatic carbocycles. The first-order valence-corrected chi connectivity index (χ1v) is 34.4. The summed E-state index contributed by atoms with van der Waals surface area (Å²) in [5.74, 6) is -0.593. The Morgan fingerprint density at radius 1 is 0.316 bits per heavy atom. The molecule has 0 saturated carbocycles. The number of hydrogen-bond donors (Lipinski definition) is 5. The van der Waals surface area contributed by atoms with E-state index in [0.29, 0.717) is 19.3 Å². The molecule has 6 heteroatoms. The number of carbonyl (C=O) groups excluding carboxylic acids is 1. The first-order valence-electron chi connectivity index (χ1n) is 34.4. The molecule has 4 atom stereocenters. The van der Waals surface area contributed by atoms with E-state index in [2.05, 4.69) is 55.6 Å². The van der Waals surface area contributed by atoms with Gasteiger partial charge in [0.2, 0.25) is 5.91 Å². The van der Waals surface area contributed by atoms with E-state index in [1.165, 1.54) is 289 Å². The van der Waals surface area contributed by atoms with E-state index in [1.54, 1.807) is 0 Å². The van der Waals surface area contributed by atoms with Crippen LogP contribution in [0.3, 0.4) is 0 Å². The Morgan fingerprint density at radius 3 is 0.829 bits per heavy atom. The van der Waals surface area contributed by atoms with Crippen LogP contribution in [0.25, 0.3) is 0 Å². The summed E-state index contributed by atoms with van der Waals surface area (Å²) in [6.45, 7) is 4.08. The highest BCUT2D eigenvalue weighted by Crippen LogP contribution is 2.19. The smallest absolute Gasteiger partial charge is 0.249 e. The molecule has 5 N–H and O–H groups in total. The molecule has 1 amide bonds. The molecule has 0 fully saturated rings. The molecule has 0 saturated heterocycles. The van der Waals surface area contributed by atoms with Gasteiger partial charge in [-0.2, -0.15) is 0 Å². The number of aliphatic hydroxyl groups excluding tert-OH is 4. The van der Waals surface area contributed by atoms with Crippen LogP contribution in [0, 0.1) is 0 Å². The minimum Gasteiger partial charge on any atom is -0.394 e. The van der Waals surface area contributed by atoms with Crippen molar-refractivity contribution in [2.75, 3.05) is 6.61 Å². The lowest BCUT2D eigenvalue weighted by Crippen LogP contribution is -2.53. The molecule has 0 rings (SSSR count). The van der Waals surface area contributed by atoms with Crippen molar-refractivity contribution >= 4 is 5.91 Å². The van der Waals surface area contributed by atoms with Crippen LogP contribution in [-0.4, -0.2) is 57.3 Å². The van der Waals surface area contributed by atoms with Gasteiger partial charge in [0.15, 0.2) is 0 Å². The van der Waals surface area contributed by atoms with Crippen LogP contribution in [0.4, 0.5) is 0 Å². The average Bonchev–Trinajstić information content (AvgIpc) is 3.42. The van der Waals surface area contributed by atoms with Crippen molar-refractivity contribution in [2.45, 2.75) is 398 Å². The van der Waals surface area contributed by atoms with Crippen LogP contribution in [0.5, 0.6) is 0 Å². The maximum atomic E-state index is 12.6. The second kappa shape index (κ2) is 64.4. The molecular weight excluding hydrogens is 935 g/mol. The van der Waals surface area contributed by atoms with E-state index in [1.807, 2.05) is 0 Å². The van der Waals surface area contributed by atoms with Gasteiger partial charge in [0.1, 0.15) is 12.2 Å². The van der Waals surface area contributed by atoms with Gasteiger partial charge in [0, 0.05) is 0 Å². The third-order valence-corrected chi connectivity index (χ3v) is 16.3. The number of carbonyl (C=O) groups is 1. The molecule has 0 aromatic rings. The van der Waals surface area contributed by atoms with Crippen LogP contribution in [0.2, 0.25) is 0 Å². The molecule has 0 aliphatic carbocycles. The fraction of sp³-hybridized carbons (Fsp3) is 0.900. The van der Waals surface area contributed by atoms with Crippen LogP contribution < -0.4 is 5.32 Å². The average molecular weight is 1070 g/mol. The normalized spacial score (nSPS) is 13.7.